The lowest BCUT2D eigenvalue weighted by Gasteiger charge is -2.02. The summed E-state index contributed by atoms with van der Waals surface area (Å²) >= 11 is 11.9. The third-order valence-corrected chi connectivity index (χ3v) is 4.09. The first-order valence-electron chi connectivity index (χ1n) is 7.82. The number of nitrogens with zero attached hydrogens (tertiary/aromatic N) is 2. The van der Waals surface area contributed by atoms with Gasteiger partial charge in [0.2, 0.25) is 0 Å². The van der Waals surface area contributed by atoms with Crippen LogP contribution in [0.1, 0.15) is 33.3 Å². The van der Waals surface area contributed by atoms with Crippen molar-refractivity contribution in [1.82, 2.24) is 9.78 Å². The van der Waals surface area contributed by atoms with Gasteiger partial charge in [0, 0.05) is 21.8 Å². The topological polar surface area (TPSA) is 61.2 Å². The molecule has 0 aliphatic carbocycles. The highest BCUT2D eigenvalue weighted by molar-refractivity contribution is 6.31. The number of benzene rings is 2. The third-order valence-electron chi connectivity index (χ3n) is 3.61. The first-order valence-corrected chi connectivity index (χ1v) is 8.58. The molecular formula is C19H14Cl2N2O3. The van der Waals surface area contributed by atoms with E-state index in [4.69, 9.17) is 27.9 Å². The van der Waals surface area contributed by atoms with E-state index in [1.807, 2.05) is 0 Å². The van der Waals surface area contributed by atoms with Gasteiger partial charge in [-0.15, -0.1) is 0 Å². The Bertz CT molecular complexity index is 965. The van der Waals surface area contributed by atoms with Crippen molar-refractivity contribution in [2.45, 2.75) is 6.92 Å². The van der Waals surface area contributed by atoms with Gasteiger partial charge in [0.1, 0.15) is 0 Å². The van der Waals surface area contributed by atoms with Crippen LogP contribution in [0.2, 0.25) is 10.0 Å². The van der Waals surface area contributed by atoms with E-state index in [2.05, 4.69) is 5.10 Å². The molecule has 0 bridgehead atoms. The number of carbonyl (C=O) groups is 2. The van der Waals surface area contributed by atoms with E-state index in [1.165, 1.54) is 10.9 Å². The summed E-state index contributed by atoms with van der Waals surface area (Å²) in [6.07, 6.45) is 1.49. The zero-order valence-electron chi connectivity index (χ0n) is 13.8. The molecular weight excluding hydrogens is 375 g/mol. The number of esters is 1. The van der Waals surface area contributed by atoms with E-state index in [9.17, 15) is 9.59 Å². The highest BCUT2D eigenvalue weighted by Gasteiger charge is 2.24. The maximum atomic E-state index is 12.9. The van der Waals surface area contributed by atoms with Gasteiger partial charge >= 0.3 is 5.97 Å². The normalized spacial score (nSPS) is 10.6. The first-order chi connectivity index (χ1) is 12.5. The number of aromatic nitrogens is 2. The van der Waals surface area contributed by atoms with Gasteiger partial charge in [0.05, 0.1) is 17.9 Å². The van der Waals surface area contributed by atoms with Crippen LogP contribution in [0, 0.1) is 0 Å². The second kappa shape index (κ2) is 7.72. The Labute approximate surface area is 160 Å². The van der Waals surface area contributed by atoms with E-state index in [0.29, 0.717) is 21.3 Å². The van der Waals surface area contributed by atoms with Crippen LogP contribution in [0.5, 0.6) is 0 Å². The Balaban J connectivity index is 2.08. The summed E-state index contributed by atoms with van der Waals surface area (Å²) in [5.74, 6) is -1.01. The minimum Gasteiger partial charge on any atom is -0.461 e. The lowest BCUT2D eigenvalue weighted by Crippen LogP contribution is -2.12. The molecule has 0 spiro atoms. The second-order valence-corrected chi connectivity index (χ2v) is 6.25. The molecule has 0 fully saturated rings. The van der Waals surface area contributed by atoms with Crippen molar-refractivity contribution in [2.24, 2.45) is 0 Å². The fraction of sp³-hybridized carbons (Fsp3) is 0.105. The summed E-state index contributed by atoms with van der Waals surface area (Å²) in [4.78, 5) is 25.1. The number of halogens is 2. The highest BCUT2D eigenvalue weighted by Crippen LogP contribution is 2.20. The molecule has 1 heterocycles. The molecule has 5 nitrogen and oxygen atoms in total. The molecule has 132 valence electrons. The lowest BCUT2D eigenvalue weighted by molar-refractivity contribution is 0.0516. The summed E-state index contributed by atoms with van der Waals surface area (Å²) in [5, 5.41) is 5.27. The van der Waals surface area contributed by atoms with Crippen LogP contribution in [-0.2, 0) is 4.74 Å². The quantitative estimate of drug-likeness (QED) is 0.473. The third kappa shape index (κ3) is 3.79. The van der Waals surface area contributed by atoms with Crippen molar-refractivity contribution in [2.75, 3.05) is 6.61 Å². The fourth-order valence-electron chi connectivity index (χ4n) is 2.40. The van der Waals surface area contributed by atoms with Crippen molar-refractivity contribution < 1.29 is 14.3 Å². The zero-order chi connectivity index (χ0) is 18.7. The predicted molar refractivity (Wildman–Crippen MR) is 99.4 cm³/mol. The molecule has 0 aliphatic heterocycles. The summed E-state index contributed by atoms with van der Waals surface area (Å²) in [5.41, 5.74) is 1.11. The van der Waals surface area contributed by atoms with Gasteiger partial charge in [0.15, 0.2) is 11.5 Å². The first kappa shape index (κ1) is 18.2. The smallest absolute Gasteiger partial charge is 0.359 e. The molecule has 0 atom stereocenters. The van der Waals surface area contributed by atoms with Crippen molar-refractivity contribution in [3.63, 3.8) is 0 Å². The summed E-state index contributed by atoms with van der Waals surface area (Å²) < 4.78 is 6.46. The molecule has 1 aromatic heterocycles. The standard InChI is InChI=1S/C19H14Cl2N2O3/c1-2-26-19(25)17-16(18(24)12-6-8-13(20)9-7-12)11-23(22-17)15-5-3-4-14(21)10-15/h3-11H,2H2,1H3. The predicted octanol–water partition coefficient (Wildman–Crippen LogP) is 4.59. The van der Waals surface area contributed by atoms with E-state index < -0.39 is 5.97 Å². The summed E-state index contributed by atoms with van der Waals surface area (Å²) in [6, 6.07) is 13.3. The van der Waals surface area contributed by atoms with Crippen LogP contribution in [0.3, 0.4) is 0 Å². The van der Waals surface area contributed by atoms with Crippen LogP contribution in [0.25, 0.3) is 5.69 Å². The molecule has 2 aromatic carbocycles. The Morgan fingerprint density at radius 2 is 1.81 bits per heavy atom. The molecule has 0 unspecified atom stereocenters. The van der Waals surface area contributed by atoms with Gasteiger partial charge in [-0.2, -0.15) is 5.10 Å². The van der Waals surface area contributed by atoms with Gasteiger partial charge in [-0.25, -0.2) is 9.48 Å². The van der Waals surface area contributed by atoms with Gasteiger partial charge < -0.3 is 4.74 Å². The molecule has 0 saturated heterocycles. The molecule has 26 heavy (non-hydrogen) atoms. The second-order valence-electron chi connectivity index (χ2n) is 5.37. The molecule has 3 aromatic rings. The number of ether oxygens (including phenoxy) is 1. The van der Waals surface area contributed by atoms with Gasteiger partial charge in [-0.05, 0) is 49.4 Å². The van der Waals surface area contributed by atoms with E-state index in [1.54, 1.807) is 55.5 Å². The van der Waals surface area contributed by atoms with E-state index >= 15 is 0 Å². The number of hydrogen-bond acceptors (Lipinski definition) is 4. The number of rotatable bonds is 5. The Morgan fingerprint density at radius 3 is 2.46 bits per heavy atom. The van der Waals surface area contributed by atoms with Crippen molar-refractivity contribution >= 4 is 35.0 Å². The van der Waals surface area contributed by atoms with Crippen molar-refractivity contribution in [3.05, 3.63) is 81.6 Å². The van der Waals surface area contributed by atoms with Gasteiger partial charge in [-0.1, -0.05) is 29.3 Å². The average Bonchev–Trinajstić information content (AvgIpc) is 3.07. The van der Waals surface area contributed by atoms with Crippen molar-refractivity contribution in [3.8, 4) is 5.69 Å². The van der Waals surface area contributed by atoms with Gasteiger partial charge in [0.25, 0.3) is 0 Å². The largest absolute Gasteiger partial charge is 0.461 e. The number of hydrogen-bond donors (Lipinski definition) is 0. The molecule has 0 N–H and O–H groups in total. The van der Waals surface area contributed by atoms with Gasteiger partial charge in [-0.3, -0.25) is 4.79 Å². The van der Waals surface area contributed by atoms with Crippen LogP contribution in [-0.4, -0.2) is 28.1 Å². The minimum atomic E-state index is -0.661. The Morgan fingerprint density at radius 1 is 1.08 bits per heavy atom. The lowest BCUT2D eigenvalue weighted by atomic mass is 10.0. The SMILES string of the molecule is CCOC(=O)c1nn(-c2cccc(Cl)c2)cc1C(=O)c1ccc(Cl)cc1. The summed E-state index contributed by atoms with van der Waals surface area (Å²) in [6.45, 7) is 1.87. The monoisotopic (exact) mass is 388 g/mol. The number of ketones is 1. The van der Waals surface area contributed by atoms with Crippen LogP contribution in [0.4, 0.5) is 0 Å². The van der Waals surface area contributed by atoms with E-state index in [-0.39, 0.29) is 23.6 Å². The maximum absolute atomic E-state index is 12.9. The average molecular weight is 389 g/mol. The summed E-state index contributed by atoms with van der Waals surface area (Å²) in [7, 11) is 0. The molecule has 0 saturated carbocycles. The maximum Gasteiger partial charge on any atom is 0.359 e. The Hall–Kier alpha value is -2.63. The van der Waals surface area contributed by atoms with E-state index in [0.717, 1.165) is 0 Å². The molecule has 0 amide bonds. The Kier molecular flexibility index (Phi) is 5.40. The minimum absolute atomic E-state index is 0.0493. The molecule has 0 aliphatic rings. The van der Waals surface area contributed by atoms with Crippen LogP contribution in [0.15, 0.2) is 54.7 Å². The fourth-order valence-corrected chi connectivity index (χ4v) is 2.71. The zero-order valence-corrected chi connectivity index (χ0v) is 15.3. The van der Waals surface area contributed by atoms with Crippen molar-refractivity contribution in [1.29, 1.82) is 0 Å². The number of carbonyl (C=O) groups excluding carboxylic acids is 2. The van der Waals surface area contributed by atoms with Crippen LogP contribution < -0.4 is 0 Å². The molecule has 7 heteroatoms. The molecule has 3 rings (SSSR count). The highest BCUT2D eigenvalue weighted by atomic mass is 35.5. The molecule has 0 radical (unpaired) electrons. The van der Waals surface area contributed by atoms with Crippen LogP contribution >= 0.6 is 23.2 Å².